The Bertz CT molecular complexity index is 380. The highest BCUT2D eigenvalue weighted by Crippen LogP contribution is 2.24. The molecule has 1 aromatic carbocycles. The summed E-state index contributed by atoms with van der Waals surface area (Å²) in [7, 11) is 0. The van der Waals surface area contributed by atoms with E-state index < -0.39 is 0 Å². The molecule has 1 fully saturated rings. The second kappa shape index (κ2) is 5.94. The van der Waals surface area contributed by atoms with E-state index in [9.17, 15) is 4.39 Å². The monoisotopic (exact) mass is 301 g/mol. The summed E-state index contributed by atoms with van der Waals surface area (Å²) in [6.45, 7) is 1.59. The fourth-order valence-corrected chi connectivity index (χ4v) is 2.67. The molecule has 0 aromatic heterocycles. The topological polar surface area (TPSA) is 35.2 Å². The molecule has 1 atom stereocenters. The average molecular weight is 302 g/mol. The van der Waals surface area contributed by atoms with Gasteiger partial charge in [0.25, 0.3) is 0 Å². The lowest BCUT2D eigenvalue weighted by atomic mass is 9.88. The van der Waals surface area contributed by atoms with Gasteiger partial charge in [-0.2, -0.15) is 0 Å². The molecule has 1 aliphatic heterocycles. The van der Waals surface area contributed by atoms with Gasteiger partial charge in [0.05, 0.1) is 0 Å². The molecule has 1 aliphatic rings. The van der Waals surface area contributed by atoms with Gasteiger partial charge in [-0.15, -0.1) is 0 Å². The van der Waals surface area contributed by atoms with Gasteiger partial charge in [-0.25, -0.2) is 4.39 Å². The Morgan fingerprint density at radius 1 is 1.41 bits per heavy atom. The first-order valence-corrected chi connectivity index (χ1v) is 6.73. The van der Waals surface area contributed by atoms with Crippen LogP contribution in [0.25, 0.3) is 0 Å². The lowest BCUT2D eigenvalue weighted by Crippen LogP contribution is -2.36. The van der Waals surface area contributed by atoms with Gasteiger partial charge in [0, 0.05) is 23.7 Å². The van der Waals surface area contributed by atoms with Crippen molar-refractivity contribution in [3.8, 4) is 0 Å². The zero-order valence-corrected chi connectivity index (χ0v) is 11.2. The quantitative estimate of drug-likeness (QED) is 0.932. The molecular formula is C13H17BrFNO. The van der Waals surface area contributed by atoms with E-state index in [0.717, 1.165) is 36.1 Å². The van der Waals surface area contributed by atoms with E-state index in [1.807, 2.05) is 0 Å². The van der Waals surface area contributed by atoms with Crippen LogP contribution in [0, 0.1) is 11.7 Å². The summed E-state index contributed by atoms with van der Waals surface area (Å²) in [5, 5.41) is 0. The predicted molar refractivity (Wildman–Crippen MR) is 69.3 cm³/mol. The molecule has 0 radical (unpaired) electrons. The van der Waals surface area contributed by atoms with Crippen LogP contribution in [-0.2, 0) is 11.2 Å². The Balaban J connectivity index is 2.01. The second-order valence-corrected chi connectivity index (χ2v) is 5.41. The van der Waals surface area contributed by atoms with Crippen LogP contribution < -0.4 is 5.73 Å². The third kappa shape index (κ3) is 3.50. The first-order chi connectivity index (χ1) is 8.16. The summed E-state index contributed by atoms with van der Waals surface area (Å²) in [5.74, 6) is 0.279. The van der Waals surface area contributed by atoms with Gasteiger partial charge in [0.15, 0.2) is 0 Å². The van der Waals surface area contributed by atoms with Gasteiger partial charge in [-0.05, 0) is 48.9 Å². The summed E-state index contributed by atoms with van der Waals surface area (Å²) in [6, 6.07) is 4.83. The molecule has 4 heteroatoms. The number of halogens is 2. The van der Waals surface area contributed by atoms with Crippen molar-refractivity contribution in [3.63, 3.8) is 0 Å². The van der Waals surface area contributed by atoms with Crippen LogP contribution in [0.3, 0.4) is 0 Å². The van der Waals surface area contributed by atoms with E-state index in [2.05, 4.69) is 15.9 Å². The molecule has 1 unspecified atom stereocenters. The Morgan fingerprint density at radius 3 is 2.82 bits per heavy atom. The van der Waals surface area contributed by atoms with E-state index in [1.165, 1.54) is 6.07 Å². The molecule has 2 N–H and O–H groups in total. The normalized spacial score (nSPS) is 19.2. The predicted octanol–water partition coefficient (Wildman–Crippen LogP) is 2.88. The molecule has 1 heterocycles. The molecule has 17 heavy (non-hydrogen) atoms. The van der Waals surface area contributed by atoms with Crippen molar-refractivity contribution < 1.29 is 9.13 Å². The molecular weight excluding hydrogens is 285 g/mol. The second-order valence-electron chi connectivity index (χ2n) is 4.55. The maximum absolute atomic E-state index is 13.2. The van der Waals surface area contributed by atoms with Crippen molar-refractivity contribution in [2.75, 3.05) is 13.2 Å². The third-order valence-electron chi connectivity index (χ3n) is 3.33. The van der Waals surface area contributed by atoms with Crippen LogP contribution in [0.1, 0.15) is 18.4 Å². The fourth-order valence-electron chi connectivity index (χ4n) is 2.26. The van der Waals surface area contributed by atoms with Crippen LogP contribution in [0.4, 0.5) is 4.39 Å². The van der Waals surface area contributed by atoms with Crippen molar-refractivity contribution >= 4 is 15.9 Å². The summed E-state index contributed by atoms with van der Waals surface area (Å²) >= 11 is 3.44. The van der Waals surface area contributed by atoms with Crippen LogP contribution in [0.5, 0.6) is 0 Å². The van der Waals surface area contributed by atoms with E-state index in [0.29, 0.717) is 12.3 Å². The van der Waals surface area contributed by atoms with Crippen molar-refractivity contribution in [1.82, 2.24) is 0 Å². The average Bonchev–Trinajstić information content (AvgIpc) is 2.35. The summed E-state index contributed by atoms with van der Waals surface area (Å²) in [5.41, 5.74) is 7.15. The highest BCUT2D eigenvalue weighted by molar-refractivity contribution is 9.10. The van der Waals surface area contributed by atoms with Gasteiger partial charge in [-0.1, -0.05) is 15.9 Å². The molecule has 1 saturated heterocycles. The first kappa shape index (κ1) is 13.0. The lowest BCUT2D eigenvalue weighted by molar-refractivity contribution is 0.0584. The first-order valence-electron chi connectivity index (χ1n) is 5.94. The molecule has 0 aliphatic carbocycles. The minimum atomic E-state index is -0.206. The molecule has 2 rings (SSSR count). The van der Waals surface area contributed by atoms with Crippen molar-refractivity contribution in [2.24, 2.45) is 11.7 Å². The molecule has 2 nitrogen and oxygen atoms in total. The highest BCUT2D eigenvalue weighted by Gasteiger charge is 2.21. The lowest BCUT2D eigenvalue weighted by Gasteiger charge is -2.27. The largest absolute Gasteiger partial charge is 0.381 e. The van der Waals surface area contributed by atoms with Gasteiger partial charge in [-0.3, -0.25) is 0 Å². The zero-order chi connectivity index (χ0) is 12.3. The van der Waals surface area contributed by atoms with Crippen LogP contribution in [0.2, 0.25) is 0 Å². The molecule has 0 saturated carbocycles. The Labute approximate surface area is 109 Å². The number of ether oxygens (including phenoxy) is 1. The summed E-state index contributed by atoms with van der Waals surface area (Å²) < 4.78 is 19.4. The number of hydrogen-bond acceptors (Lipinski definition) is 2. The minimum Gasteiger partial charge on any atom is -0.381 e. The van der Waals surface area contributed by atoms with E-state index in [1.54, 1.807) is 12.1 Å². The number of rotatable bonds is 3. The highest BCUT2D eigenvalue weighted by atomic mass is 79.9. The van der Waals surface area contributed by atoms with Crippen molar-refractivity contribution in [2.45, 2.75) is 25.3 Å². The number of nitrogens with two attached hydrogens (primary N) is 1. The molecule has 0 bridgehead atoms. The molecule has 0 amide bonds. The maximum atomic E-state index is 13.2. The van der Waals surface area contributed by atoms with E-state index >= 15 is 0 Å². The maximum Gasteiger partial charge on any atom is 0.123 e. The summed E-state index contributed by atoms with van der Waals surface area (Å²) in [4.78, 5) is 0. The number of benzene rings is 1. The van der Waals surface area contributed by atoms with E-state index in [4.69, 9.17) is 10.5 Å². The third-order valence-corrected chi connectivity index (χ3v) is 4.11. The Kier molecular flexibility index (Phi) is 4.54. The van der Waals surface area contributed by atoms with Crippen LogP contribution >= 0.6 is 15.9 Å². The minimum absolute atomic E-state index is 0.0806. The smallest absolute Gasteiger partial charge is 0.123 e. The SMILES string of the molecule is NC(Cc1cc(F)ccc1Br)C1CCOCC1. The van der Waals surface area contributed by atoms with Crippen molar-refractivity contribution in [1.29, 1.82) is 0 Å². The molecule has 94 valence electrons. The van der Waals surface area contributed by atoms with Crippen LogP contribution in [0.15, 0.2) is 22.7 Å². The van der Waals surface area contributed by atoms with E-state index in [-0.39, 0.29) is 11.9 Å². The summed E-state index contributed by atoms with van der Waals surface area (Å²) in [6.07, 6.45) is 2.73. The molecule has 0 spiro atoms. The Morgan fingerprint density at radius 2 is 2.12 bits per heavy atom. The fraction of sp³-hybridized carbons (Fsp3) is 0.538. The van der Waals surface area contributed by atoms with Gasteiger partial charge < -0.3 is 10.5 Å². The Hall–Kier alpha value is -0.450. The van der Waals surface area contributed by atoms with Crippen LogP contribution in [-0.4, -0.2) is 19.3 Å². The zero-order valence-electron chi connectivity index (χ0n) is 9.66. The number of hydrogen-bond donors (Lipinski definition) is 1. The van der Waals surface area contributed by atoms with Gasteiger partial charge >= 0.3 is 0 Å². The molecule has 1 aromatic rings. The standard InChI is InChI=1S/C13H17BrFNO/c14-12-2-1-11(15)7-10(12)8-13(16)9-3-5-17-6-4-9/h1-2,7,9,13H,3-6,8,16H2. The van der Waals surface area contributed by atoms with Crippen molar-refractivity contribution in [3.05, 3.63) is 34.1 Å². The van der Waals surface area contributed by atoms with Gasteiger partial charge in [0.1, 0.15) is 5.82 Å². The van der Waals surface area contributed by atoms with Gasteiger partial charge in [0.2, 0.25) is 0 Å².